The molecule has 2 atom stereocenters. The topological polar surface area (TPSA) is 28.7 Å². The molecule has 0 radical (unpaired) electrons. The highest BCUT2D eigenvalue weighted by Gasteiger charge is 2.21. The van der Waals surface area contributed by atoms with Crippen LogP contribution < -0.4 is 0 Å². The molecule has 1 aliphatic carbocycles. The average Bonchev–Trinajstić information content (AvgIpc) is 2.49. The highest BCUT2D eigenvalue weighted by atomic mass is 33.1. The SMILES string of the molecule is C[SH](S)C1CCc2n[nH]cc2C1. The van der Waals surface area contributed by atoms with E-state index < -0.39 is 0 Å². The van der Waals surface area contributed by atoms with Gasteiger partial charge in [-0.05, 0) is 36.3 Å². The van der Waals surface area contributed by atoms with E-state index in [4.69, 9.17) is 0 Å². The number of nitrogens with zero attached hydrogens (tertiary/aromatic N) is 1. The summed E-state index contributed by atoms with van der Waals surface area (Å²) in [4.78, 5) is 0. The van der Waals surface area contributed by atoms with Gasteiger partial charge in [0.05, 0.1) is 5.69 Å². The molecule has 0 saturated carbocycles. The second-order valence-corrected chi connectivity index (χ2v) is 7.10. The van der Waals surface area contributed by atoms with Crippen LogP contribution in [0.4, 0.5) is 0 Å². The summed E-state index contributed by atoms with van der Waals surface area (Å²) in [5.74, 6) is 0. The maximum atomic E-state index is 4.55. The molecule has 12 heavy (non-hydrogen) atoms. The molecule has 1 heterocycles. The minimum absolute atomic E-state index is 0.0714. The van der Waals surface area contributed by atoms with E-state index in [1.165, 1.54) is 24.1 Å². The number of aromatic nitrogens is 2. The van der Waals surface area contributed by atoms with Gasteiger partial charge in [0.15, 0.2) is 0 Å². The van der Waals surface area contributed by atoms with Gasteiger partial charge in [0, 0.05) is 6.20 Å². The number of fused-ring (bicyclic) bond motifs is 1. The van der Waals surface area contributed by atoms with Gasteiger partial charge in [0.2, 0.25) is 0 Å². The third-order valence-electron chi connectivity index (χ3n) is 2.51. The van der Waals surface area contributed by atoms with Gasteiger partial charge >= 0.3 is 0 Å². The van der Waals surface area contributed by atoms with Crippen LogP contribution >= 0.6 is 21.6 Å². The van der Waals surface area contributed by atoms with Crippen LogP contribution in [0, 0.1) is 0 Å². The van der Waals surface area contributed by atoms with Crippen molar-refractivity contribution in [3.05, 3.63) is 17.5 Å². The third-order valence-corrected chi connectivity index (χ3v) is 4.98. The minimum atomic E-state index is -0.0714. The van der Waals surface area contributed by atoms with E-state index in [1.54, 1.807) is 0 Å². The maximum absolute atomic E-state index is 4.55. The zero-order valence-electron chi connectivity index (χ0n) is 7.12. The van der Waals surface area contributed by atoms with Gasteiger partial charge in [0.1, 0.15) is 0 Å². The van der Waals surface area contributed by atoms with Gasteiger partial charge in [-0.3, -0.25) is 5.10 Å². The van der Waals surface area contributed by atoms with E-state index in [2.05, 4.69) is 28.1 Å². The molecular weight excluding hydrogens is 188 g/mol. The first kappa shape index (κ1) is 8.51. The molecule has 2 rings (SSSR count). The summed E-state index contributed by atoms with van der Waals surface area (Å²) in [7, 11) is -0.0714. The number of H-pyrrole nitrogens is 1. The zero-order chi connectivity index (χ0) is 8.55. The molecule has 1 aliphatic rings. The number of thiol groups is 2. The van der Waals surface area contributed by atoms with E-state index in [0.29, 0.717) is 0 Å². The highest BCUT2D eigenvalue weighted by molar-refractivity contribution is 8.78. The lowest BCUT2D eigenvalue weighted by atomic mass is 9.98. The van der Waals surface area contributed by atoms with Crippen LogP contribution in [0.5, 0.6) is 0 Å². The summed E-state index contributed by atoms with van der Waals surface area (Å²) < 4.78 is 0. The molecule has 0 bridgehead atoms. The lowest BCUT2D eigenvalue weighted by Crippen LogP contribution is -2.16. The van der Waals surface area contributed by atoms with Crippen molar-refractivity contribution < 1.29 is 0 Å². The molecule has 0 saturated heterocycles. The molecule has 2 unspecified atom stereocenters. The number of rotatable bonds is 1. The smallest absolute Gasteiger partial charge is 0.0654 e. The molecule has 1 aromatic heterocycles. The Bertz CT molecular complexity index is 270. The lowest BCUT2D eigenvalue weighted by Gasteiger charge is -2.26. The molecule has 2 nitrogen and oxygen atoms in total. The second-order valence-electron chi connectivity index (χ2n) is 3.33. The molecule has 0 amide bonds. The van der Waals surface area contributed by atoms with Crippen LogP contribution in [-0.2, 0) is 12.8 Å². The van der Waals surface area contributed by atoms with Gasteiger partial charge in [-0.15, -0.1) is 11.7 Å². The Morgan fingerprint density at radius 2 is 2.58 bits per heavy atom. The summed E-state index contributed by atoms with van der Waals surface area (Å²) >= 11 is 4.55. The van der Waals surface area contributed by atoms with Crippen LogP contribution in [0.15, 0.2) is 6.20 Å². The van der Waals surface area contributed by atoms with Crippen LogP contribution in [0.2, 0.25) is 0 Å². The van der Waals surface area contributed by atoms with Gasteiger partial charge in [-0.25, -0.2) is 9.93 Å². The fourth-order valence-corrected chi connectivity index (χ4v) is 3.27. The van der Waals surface area contributed by atoms with Crippen LogP contribution in [0.25, 0.3) is 0 Å². The monoisotopic (exact) mass is 202 g/mol. The lowest BCUT2D eigenvalue weighted by molar-refractivity contribution is 0.691. The Morgan fingerprint density at radius 1 is 1.75 bits per heavy atom. The zero-order valence-corrected chi connectivity index (χ0v) is 8.91. The quantitative estimate of drug-likeness (QED) is 0.470. The molecule has 1 N–H and O–H groups in total. The Balaban J connectivity index is 2.15. The summed E-state index contributed by atoms with van der Waals surface area (Å²) in [5, 5.41) is 7.94. The Labute approximate surface area is 80.3 Å². The summed E-state index contributed by atoms with van der Waals surface area (Å²) in [6.45, 7) is 0. The first-order chi connectivity index (χ1) is 5.77. The molecule has 0 fully saturated rings. The minimum Gasteiger partial charge on any atom is -0.285 e. The van der Waals surface area contributed by atoms with E-state index in [1.807, 2.05) is 6.20 Å². The number of hydrogen-bond acceptors (Lipinski definition) is 2. The van der Waals surface area contributed by atoms with E-state index in [0.717, 1.165) is 11.7 Å². The van der Waals surface area contributed by atoms with Crippen molar-refractivity contribution in [2.24, 2.45) is 0 Å². The fraction of sp³-hybridized carbons (Fsp3) is 0.625. The van der Waals surface area contributed by atoms with Crippen molar-refractivity contribution in [2.45, 2.75) is 24.5 Å². The molecule has 0 aliphatic heterocycles. The number of hydrogen-bond donors (Lipinski definition) is 3. The number of aryl methyl sites for hydroxylation is 1. The van der Waals surface area contributed by atoms with E-state index in [9.17, 15) is 0 Å². The summed E-state index contributed by atoms with van der Waals surface area (Å²) in [6, 6.07) is 0. The van der Waals surface area contributed by atoms with Gasteiger partial charge in [-0.1, -0.05) is 0 Å². The van der Waals surface area contributed by atoms with Gasteiger partial charge < -0.3 is 0 Å². The number of nitrogens with one attached hydrogen (secondary N) is 1. The molecular formula is C8H14N2S2. The summed E-state index contributed by atoms with van der Waals surface area (Å²) in [6.07, 6.45) is 7.86. The van der Waals surface area contributed by atoms with Crippen molar-refractivity contribution in [1.82, 2.24) is 10.2 Å². The number of aromatic amines is 1. The van der Waals surface area contributed by atoms with Crippen molar-refractivity contribution in [3.8, 4) is 0 Å². The molecule has 0 aromatic carbocycles. The Hall–Kier alpha value is -0.0900. The molecule has 4 heteroatoms. The second kappa shape index (κ2) is 3.34. The first-order valence-electron chi connectivity index (χ1n) is 4.20. The normalized spacial score (nSPS) is 26.5. The van der Waals surface area contributed by atoms with Crippen molar-refractivity contribution in [1.29, 1.82) is 0 Å². The van der Waals surface area contributed by atoms with Crippen molar-refractivity contribution in [2.75, 3.05) is 6.26 Å². The van der Waals surface area contributed by atoms with Crippen LogP contribution in [-0.4, -0.2) is 21.7 Å². The molecule has 0 spiro atoms. The molecule has 1 aromatic rings. The largest absolute Gasteiger partial charge is 0.285 e. The summed E-state index contributed by atoms with van der Waals surface area (Å²) in [5.41, 5.74) is 2.69. The fourth-order valence-electron chi connectivity index (χ4n) is 1.71. The van der Waals surface area contributed by atoms with E-state index in [-0.39, 0.29) is 9.93 Å². The van der Waals surface area contributed by atoms with Crippen molar-refractivity contribution in [3.63, 3.8) is 0 Å². The standard InChI is InChI=1S/C8H14N2S2/c1-12(11)7-2-3-8-6(4-7)5-9-10-8/h5,7,11-12H,2-4H2,1H3,(H,9,10). The molecule has 68 valence electrons. The highest BCUT2D eigenvalue weighted by Crippen LogP contribution is 2.39. The van der Waals surface area contributed by atoms with Gasteiger partial charge in [0.25, 0.3) is 0 Å². The van der Waals surface area contributed by atoms with Crippen LogP contribution in [0.1, 0.15) is 17.7 Å². The third kappa shape index (κ3) is 1.50. The van der Waals surface area contributed by atoms with Gasteiger partial charge in [-0.2, -0.15) is 5.10 Å². The van der Waals surface area contributed by atoms with Crippen LogP contribution in [0.3, 0.4) is 0 Å². The average molecular weight is 202 g/mol. The van der Waals surface area contributed by atoms with Crippen molar-refractivity contribution >= 4 is 21.6 Å². The first-order valence-corrected chi connectivity index (χ1v) is 7.21. The Kier molecular flexibility index (Phi) is 2.37. The maximum Gasteiger partial charge on any atom is 0.0654 e. The predicted molar refractivity (Wildman–Crippen MR) is 58.3 cm³/mol. The van der Waals surface area contributed by atoms with E-state index >= 15 is 0 Å². The predicted octanol–water partition coefficient (Wildman–Crippen LogP) is 1.74. The Morgan fingerprint density at radius 3 is 3.33 bits per heavy atom.